The number of carbonyl (C=O) groups is 5. The summed E-state index contributed by atoms with van der Waals surface area (Å²) < 4.78 is 0. The molecule has 1 aliphatic rings. The lowest BCUT2D eigenvalue weighted by Crippen LogP contribution is -2.59. The normalized spacial score (nSPS) is 17.5. The molecule has 0 saturated carbocycles. The van der Waals surface area contributed by atoms with Crippen molar-refractivity contribution in [2.45, 2.75) is 57.7 Å². The minimum Gasteiger partial charge on any atom is -0.481 e. The second-order valence-corrected chi connectivity index (χ2v) is 8.97. The van der Waals surface area contributed by atoms with E-state index in [0.717, 1.165) is 5.39 Å². The van der Waals surface area contributed by atoms with Gasteiger partial charge in [-0.1, -0.05) is 38.1 Å². The van der Waals surface area contributed by atoms with Crippen molar-refractivity contribution >= 4 is 40.7 Å². The minimum absolute atomic E-state index is 0.206. The lowest BCUT2D eigenvalue weighted by molar-refractivity contribution is -0.145. The van der Waals surface area contributed by atoms with Crippen LogP contribution in [0.3, 0.4) is 0 Å². The molecule has 1 aromatic carbocycles. The molecular formula is C25H30N4O6. The van der Waals surface area contributed by atoms with Crippen LogP contribution >= 0.6 is 0 Å². The molecule has 0 spiro atoms. The Bertz CT molecular complexity index is 1110. The molecule has 3 N–H and O–H groups in total. The predicted octanol–water partition coefficient (Wildman–Crippen LogP) is 1.53. The maximum Gasteiger partial charge on any atom is 0.305 e. The zero-order valence-electron chi connectivity index (χ0n) is 19.8. The maximum absolute atomic E-state index is 13.6. The Hall–Kier alpha value is -3.82. The van der Waals surface area contributed by atoms with Gasteiger partial charge in [0, 0.05) is 18.1 Å². The molecule has 1 aliphatic heterocycles. The lowest BCUT2D eigenvalue weighted by Gasteiger charge is -2.38. The minimum atomic E-state index is -1.22. The summed E-state index contributed by atoms with van der Waals surface area (Å²) in [6, 6.07) is 6.17. The molecule has 0 aliphatic carbocycles. The van der Waals surface area contributed by atoms with Gasteiger partial charge in [-0.2, -0.15) is 0 Å². The number of carbonyl (C=O) groups excluding carboxylic acids is 4. The number of likely N-dealkylation sites (tertiary alicyclic amines) is 1. The Balaban J connectivity index is 1.79. The Morgan fingerprint density at radius 1 is 1.14 bits per heavy atom. The molecule has 3 rings (SSSR count). The van der Waals surface area contributed by atoms with Crippen LogP contribution in [0.15, 0.2) is 36.5 Å². The molecule has 1 fully saturated rings. The van der Waals surface area contributed by atoms with Crippen LogP contribution in [-0.2, 0) is 19.2 Å². The number of fused-ring (bicyclic) bond motifs is 1. The molecule has 0 bridgehead atoms. The smallest absolute Gasteiger partial charge is 0.305 e. The van der Waals surface area contributed by atoms with E-state index in [4.69, 9.17) is 5.11 Å². The summed E-state index contributed by atoms with van der Waals surface area (Å²) in [5.41, 5.74) is 0.206. The second kappa shape index (κ2) is 11.5. The summed E-state index contributed by atoms with van der Waals surface area (Å²) in [4.78, 5) is 67.4. The average Bonchev–Trinajstić information content (AvgIpc) is 2.85. The van der Waals surface area contributed by atoms with Crippen molar-refractivity contribution in [3.63, 3.8) is 0 Å². The standard InChI is InChI=1S/C25H30N4O6/c1-15(2)21(28-24(34)22-18-8-4-3-7-16(18)10-11-26-22)25(35)29-12-6-5-9-19(29)23(33)27-17(14-30)13-20(31)32/h3-4,7-8,10-11,14-15,17,19,21H,5-6,9,12-13H2,1-2H3,(H,27,33)(H,28,34)(H,31,32)/t17-,19-,21-/m0/s1. The van der Waals surface area contributed by atoms with Gasteiger partial charge in [0.25, 0.3) is 5.91 Å². The molecule has 1 aromatic heterocycles. The highest BCUT2D eigenvalue weighted by Crippen LogP contribution is 2.21. The fourth-order valence-electron chi connectivity index (χ4n) is 4.27. The number of nitrogens with one attached hydrogen (secondary N) is 2. The average molecular weight is 483 g/mol. The van der Waals surface area contributed by atoms with Crippen LogP contribution in [0.25, 0.3) is 10.8 Å². The lowest BCUT2D eigenvalue weighted by atomic mass is 9.96. The van der Waals surface area contributed by atoms with Gasteiger partial charge >= 0.3 is 5.97 Å². The molecule has 0 unspecified atom stereocenters. The van der Waals surface area contributed by atoms with Crippen molar-refractivity contribution in [1.29, 1.82) is 0 Å². The van der Waals surface area contributed by atoms with Crippen molar-refractivity contribution in [1.82, 2.24) is 20.5 Å². The number of hydrogen-bond acceptors (Lipinski definition) is 6. The number of amides is 3. The van der Waals surface area contributed by atoms with E-state index in [1.54, 1.807) is 32.0 Å². The van der Waals surface area contributed by atoms with E-state index in [9.17, 15) is 24.0 Å². The highest BCUT2D eigenvalue weighted by molar-refractivity contribution is 6.06. The van der Waals surface area contributed by atoms with Gasteiger partial charge in [0.1, 0.15) is 24.1 Å². The summed E-state index contributed by atoms with van der Waals surface area (Å²) in [6.45, 7) is 3.91. The first-order chi connectivity index (χ1) is 16.7. The zero-order valence-corrected chi connectivity index (χ0v) is 19.8. The first-order valence-electron chi connectivity index (χ1n) is 11.7. The third-order valence-electron chi connectivity index (χ3n) is 6.08. The van der Waals surface area contributed by atoms with Gasteiger partial charge in [-0.05, 0) is 36.6 Å². The maximum atomic E-state index is 13.6. The number of hydrogen-bond donors (Lipinski definition) is 3. The first-order valence-corrected chi connectivity index (χ1v) is 11.7. The first kappa shape index (κ1) is 25.8. The van der Waals surface area contributed by atoms with E-state index >= 15 is 0 Å². The number of carboxylic acids is 1. The van der Waals surface area contributed by atoms with Crippen molar-refractivity contribution in [2.24, 2.45) is 5.92 Å². The third kappa shape index (κ3) is 6.20. The van der Waals surface area contributed by atoms with Gasteiger partial charge in [0.05, 0.1) is 12.5 Å². The van der Waals surface area contributed by atoms with Crippen LogP contribution in [0.1, 0.15) is 50.0 Å². The van der Waals surface area contributed by atoms with Crippen molar-refractivity contribution in [2.75, 3.05) is 6.54 Å². The number of nitrogens with zero attached hydrogens (tertiary/aromatic N) is 2. The Labute approximate surface area is 203 Å². The van der Waals surface area contributed by atoms with Gasteiger partial charge < -0.3 is 25.4 Å². The third-order valence-corrected chi connectivity index (χ3v) is 6.08. The number of benzene rings is 1. The van der Waals surface area contributed by atoms with E-state index in [0.29, 0.717) is 37.5 Å². The SMILES string of the molecule is CC(C)[C@H](NC(=O)c1nccc2ccccc12)C(=O)N1CCCC[C@H]1C(=O)N[C@H](C=O)CC(=O)O. The monoisotopic (exact) mass is 482 g/mol. The van der Waals surface area contributed by atoms with Crippen LogP contribution in [-0.4, -0.2) is 69.6 Å². The highest BCUT2D eigenvalue weighted by Gasteiger charge is 2.38. The molecule has 10 heteroatoms. The Morgan fingerprint density at radius 2 is 1.89 bits per heavy atom. The molecule has 186 valence electrons. The number of piperidine rings is 1. The van der Waals surface area contributed by atoms with Crippen molar-refractivity contribution in [3.8, 4) is 0 Å². The Morgan fingerprint density at radius 3 is 2.57 bits per heavy atom. The van der Waals surface area contributed by atoms with E-state index in [-0.39, 0.29) is 11.6 Å². The van der Waals surface area contributed by atoms with E-state index in [2.05, 4.69) is 15.6 Å². The van der Waals surface area contributed by atoms with Gasteiger partial charge in [0.15, 0.2) is 0 Å². The summed E-state index contributed by atoms with van der Waals surface area (Å²) in [6.07, 6.45) is 3.12. The van der Waals surface area contributed by atoms with Crippen molar-refractivity contribution in [3.05, 3.63) is 42.2 Å². The molecule has 0 radical (unpaired) electrons. The summed E-state index contributed by atoms with van der Waals surface area (Å²) in [5, 5.41) is 15.7. The molecule has 2 aromatic rings. The van der Waals surface area contributed by atoms with Crippen LogP contribution in [0.2, 0.25) is 0 Å². The van der Waals surface area contributed by atoms with Gasteiger partial charge in [0.2, 0.25) is 11.8 Å². The van der Waals surface area contributed by atoms with Crippen LogP contribution in [0.5, 0.6) is 0 Å². The van der Waals surface area contributed by atoms with Gasteiger partial charge in [-0.15, -0.1) is 0 Å². The Kier molecular flexibility index (Phi) is 8.51. The number of pyridine rings is 1. The largest absolute Gasteiger partial charge is 0.481 e. The van der Waals surface area contributed by atoms with E-state index < -0.39 is 48.2 Å². The topological polar surface area (TPSA) is 146 Å². The molecular weight excluding hydrogens is 452 g/mol. The number of aldehydes is 1. The molecule has 3 atom stereocenters. The van der Waals surface area contributed by atoms with Crippen LogP contribution in [0, 0.1) is 5.92 Å². The number of aliphatic carboxylic acids is 1. The fourth-order valence-corrected chi connectivity index (χ4v) is 4.27. The van der Waals surface area contributed by atoms with Gasteiger partial charge in [-0.25, -0.2) is 0 Å². The van der Waals surface area contributed by atoms with E-state index in [1.165, 1.54) is 11.1 Å². The number of rotatable bonds is 9. The quantitative estimate of drug-likeness (QED) is 0.460. The van der Waals surface area contributed by atoms with E-state index in [1.807, 2.05) is 12.1 Å². The molecule has 10 nitrogen and oxygen atoms in total. The molecule has 3 amide bonds. The summed E-state index contributed by atoms with van der Waals surface area (Å²) >= 11 is 0. The summed E-state index contributed by atoms with van der Waals surface area (Å²) in [5.74, 6) is -2.98. The molecule has 35 heavy (non-hydrogen) atoms. The van der Waals surface area contributed by atoms with Crippen LogP contribution in [0.4, 0.5) is 0 Å². The number of aromatic nitrogens is 1. The summed E-state index contributed by atoms with van der Waals surface area (Å²) in [7, 11) is 0. The fraction of sp³-hybridized carbons (Fsp3) is 0.440. The second-order valence-electron chi connectivity index (χ2n) is 8.97. The van der Waals surface area contributed by atoms with Crippen LogP contribution < -0.4 is 10.6 Å². The zero-order chi connectivity index (χ0) is 25.5. The predicted molar refractivity (Wildman–Crippen MR) is 127 cm³/mol. The molecule has 2 heterocycles. The highest BCUT2D eigenvalue weighted by atomic mass is 16.4. The van der Waals surface area contributed by atoms with Gasteiger partial charge in [-0.3, -0.25) is 24.2 Å². The molecule has 1 saturated heterocycles. The number of carboxylic acid groups (broad SMARTS) is 1. The van der Waals surface area contributed by atoms with Crippen molar-refractivity contribution < 1.29 is 29.1 Å².